The fraction of sp³-hybridized carbons (Fsp3) is 0.188. The number of aliphatic hydroxyl groups excluding tert-OH is 1. The second-order valence-corrected chi connectivity index (χ2v) is 5.55. The van der Waals surface area contributed by atoms with Crippen LogP contribution in [0.3, 0.4) is 0 Å². The number of hydrogen-bond donors (Lipinski definition) is 2. The highest BCUT2D eigenvalue weighted by Gasteiger charge is 2.10. The molecular formula is C16H16BrNO3. The van der Waals surface area contributed by atoms with Gasteiger partial charge in [-0.25, -0.2) is 0 Å². The lowest BCUT2D eigenvalue weighted by Gasteiger charge is -2.14. The van der Waals surface area contributed by atoms with Gasteiger partial charge in [0, 0.05) is 0 Å². The summed E-state index contributed by atoms with van der Waals surface area (Å²) in [7, 11) is 0. The molecule has 0 aromatic heterocycles. The minimum absolute atomic E-state index is 0.0231. The van der Waals surface area contributed by atoms with Gasteiger partial charge < -0.3 is 15.2 Å². The molecule has 2 N–H and O–H groups in total. The number of hydrogen-bond acceptors (Lipinski definition) is 3. The van der Waals surface area contributed by atoms with Crippen LogP contribution < -0.4 is 10.1 Å². The maximum Gasteiger partial charge on any atom is 0.211 e. The van der Waals surface area contributed by atoms with Gasteiger partial charge >= 0.3 is 0 Å². The molecule has 0 fully saturated rings. The maximum absolute atomic E-state index is 10.7. The normalized spacial score (nSPS) is 11.7. The zero-order valence-electron chi connectivity index (χ0n) is 11.3. The van der Waals surface area contributed by atoms with Crippen molar-refractivity contribution in [2.45, 2.75) is 11.4 Å². The van der Waals surface area contributed by atoms with E-state index in [1.807, 2.05) is 36.4 Å². The molecule has 1 unspecified atom stereocenters. The molecule has 0 aliphatic heterocycles. The number of benzene rings is 2. The summed E-state index contributed by atoms with van der Waals surface area (Å²) in [6.07, 6.45) is 0.608. The quantitative estimate of drug-likeness (QED) is 0.595. The number of ether oxygens (including phenoxy) is 1. The van der Waals surface area contributed by atoms with Crippen LogP contribution in [0, 0.1) is 0 Å². The van der Waals surface area contributed by atoms with E-state index in [4.69, 9.17) is 9.84 Å². The van der Waals surface area contributed by atoms with E-state index >= 15 is 0 Å². The van der Waals surface area contributed by atoms with Crippen LogP contribution in [-0.2, 0) is 11.4 Å². The molecule has 0 aliphatic carbocycles. The molecule has 0 radical (unpaired) electrons. The Hall–Kier alpha value is -1.85. The zero-order chi connectivity index (χ0) is 15.1. The summed E-state index contributed by atoms with van der Waals surface area (Å²) < 4.78 is 5.74. The Morgan fingerprint density at radius 1 is 1.24 bits per heavy atom. The average Bonchev–Trinajstić information content (AvgIpc) is 2.54. The number of carbonyl (C=O) groups excluding carboxylic acids is 1. The summed E-state index contributed by atoms with van der Waals surface area (Å²) in [6.45, 7) is 0.399. The molecule has 110 valence electrons. The average molecular weight is 350 g/mol. The van der Waals surface area contributed by atoms with Crippen molar-refractivity contribution in [2.24, 2.45) is 0 Å². The maximum atomic E-state index is 10.7. The molecule has 1 atom stereocenters. The molecule has 5 heteroatoms. The molecular weight excluding hydrogens is 334 g/mol. The smallest absolute Gasteiger partial charge is 0.211 e. The van der Waals surface area contributed by atoms with Gasteiger partial charge in [-0.2, -0.15) is 0 Å². The minimum Gasteiger partial charge on any atom is -0.487 e. The lowest BCUT2D eigenvalue weighted by atomic mass is 10.1. The van der Waals surface area contributed by atoms with Crippen molar-refractivity contribution in [3.05, 3.63) is 59.7 Å². The molecule has 0 saturated heterocycles. The first-order valence-electron chi connectivity index (χ1n) is 6.50. The highest BCUT2D eigenvalue weighted by Crippen LogP contribution is 2.31. The van der Waals surface area contributed by atoms with Crippen LogP contribution in [0.2, 0.25) is 0 Å². The van der Waals surface area contributed by atoms with E-state index in [0.717, 1.165) is 11.1 Å². The predicted molar refractivity (Wildman–Crippen MR) is 85.7 cm³/mol. The van der Waals surface area contributed by atoms with E-state index in [-0.39, 0.29) is 11.4 Å². The third kappa shape index (κ3) is 4.31. The van der Waals surface area contributed by atoms with Gasteiger partial charge in [0.05, 0.1) is 17.1 Å². The van der Waals surface area contributed by atoms with Gasteiger partial charge in [0.25, 0.3) is 0 Å². The first kappa shape index (κ1) is 15.5. The van der Waals surface area contributed by atoms with E-state index in [2.05, 4.69) is 21.2 Å². The molecule has 2 aromatic rings. The number of halogens is 1. The molecule has 2 rings (SSSR count). The largest absolute Gasteiger partial charge is 0.487 e. The molecule has 0 spiro atoms. The fourth-order valence-corrected chi connectivity index (χ4v) is 2.17. The van der Waals surface area contributed by atoms with Crippen LogP contribution in [0.25, 0.3) is 0 Å². The summed E-state index contributed by atoms with van der Waals surface area (Å²) in [4.78, 5) is 10.6. The number of carbonyl (C=O) groups is 1. The van der Waals surface area contributed by atoms with Crippen LogP contribution in [-0.4, -0.2) is 18.1 Å². The van der Waals surface area contributed by atoms with Crippen molar-refractivity contribution >= 4 is 28.0 Å². The minimum atomic E-state index is -0.173. The zero-order valence-corrected chi connectivity index (χ0v) is 12.9. The van der Waals surface area contributed by atoms with Crippen molar-refractivity contribution < 1.29 is 14.6 Å². The molecule has 0 bridgehead atoms. The Labute approximate surface area is 131 Å². The molecule has 2 aromatic carbocycles. The first-order valence-corrected chi connectivity index (χ1v) is 7.42. The Bertz CT molecular complexity index is 589. The summed E-state index contributed by atoms with van der Waals surface area (Å²) in [5.41, 5.74) is 2.50. The van der Waals surface area contributed by atoms with Crippen molar-refractivity contribution in [1.29, 1.82) is 0 Å². The topological polar surface area (TPSA) is 58.6 Å². The van der Waals surface area contributed by atoms with Gasteiger partial charge in [0.15, 0.2) is 0 Å². The Morgan fingerprint density at radius 2 is 2.00 bits per heavy atom. The SMILES string of the molecule is O=CNc1cc(C(Br)CO)ccc1OCc1ccccc1. The van der Waals surface area contributed by atoms with Crippen molar-refractivity contribution in [1.82, 2.24) is 0 Å². The Kier molecular flexibility index (Phi) is 5.78. The highest BCUT2D eigenvalue weighted by atomic mass is 79.9. The molecule has 1 amide bonds. The fourth-order valence-electron chi connectivity index (χ4n) is 1.89. The van der Waals surface area contributed by atoms with Gasteiger partial charge in [-0.3, -0.25) is 4.79 Å². The third-order valence-electron chi connectivity index (χ3n) is 2.98. The van der Waals surface area contributed by atoms with Crippen LogP contribution in [0.4, 0.5) is 5.69 Å². The monoisotopic (exact) mass is 349 g/mol. The van der Waals surface area contributed by atoms with Crippen LogP contribution in [0.15, 0.2) is 48.5 Å². The number of amides is 1. The van der Waals surface area contributed by atoms with E-state index in [0.29, 0.717) is 24.5 Å². The molecule has 0 saturated carbocycles. The second kappa shape index (κ2) is 7.81. The summed E-state index contributed by atoms with van der Waals surface area (Å²) in [5, 5.41) is 11.8. The van der Waals surface area contributed by atoms with Crippen molar-refractivity contribution in [2.75, 3.05) is 11.9 Å². The lowest BCUT2D eigenvalue weighted by molar-refractivity contribution is -0.105. The predicted octanol–water partition coefficient (Wildman–Crippen LogP) is 3.26. The lowest BCUT2D eigenvalue weighted by Crippen LogP contribution is -2.03. The van der Waals surface area contributed by atoms with Gasteiger partial charge in [-0.1, -0.05) is 52.3 Å². The molecule has 21 heavy (non-hydrogen) atoms. The van der Waals surface area contributed by atoms with E-state index in [1.165, 1.54) is 0 Å². The van der Waals surface area contributed by atoms with E-state index in [1.54, 1.807) is 12.1 Å². The number of nitrogens with one attached hydrogen (secondary N) is 1. The van der Waals surface area contributed by atoms with Gasteiger partial charge in [-0.15, -0.1) is 0 Å². The first-order chi connectivity index (χ1) is 10.2. The van der Waals surface area contributed by atoms with Crippen molar-refractivity contribution in [3.63, 3.8) is 0 Å². The Morgan fingerprint density at radius 3 is 2.67 bits per heavy atom. The standard InChI is InChI=1S/C16H16BrNO3/c17-14(9-19)13-6-7-16(15(8-13)18-11-20)21-10-12-4-2-1-3-5-12/h1-8,11,14,19H,9-10H2,(H,18,20). The number of aliphatic hydroxyl groups is 1. The van der Waals surface area contributed by atoms with Crippen molar-refractivity contribution in [3.8, 4) is 5.75 Å². The number of alkyl halides is 1. The summed E-state index contributed by atoms with van der Waals surface area (Å²) in [5.74, 6) is 0.590. The van der Waals surface area contributed by atoms with Gasteiger partial charge in [-0.05, 0) is 23.3 Å². The Balaban J connectivity index is 2.16. The summed E-state index contributed by atoms with van der Waals surface area (Å²) >= 11 is 3.36. The van der Waals surface area contributed by atoms with Crippen LogP contribution >= 0.6 is 15.9 Å². The van der Waals surface area contributed by atoms with E-state index < -0.39 is 0 Å². The third-order valence-corrected chi connectivity index (χ3v) is 3.80. The van der Waals surface area contributed by atoms with Crippen LogP contribution in [0.1, 0.15) is 16.0 Å². The summed E-state index contributed by atoms with van der Waals surface area (Å²) in [6, 6.07) is 15.2. The molecule has 4 nitrogen and oxygen atoms in total. The van der Waals surface area contributed by atoms with E-state index in [9.17, 15) is 4.79 Å². The molecule has 0 aliphatic rings. The van der Waals surface area contributed by atoms with Gasteiger partial charge in [0.2, 0.25) is 6.41 Å². The highest BCUT2D eigenvalue weighted by molar-refractivity contribution is 9.09. The van der Waals surface area contributed by atoms with Crippen LogP contribution in [0.5, 0.6) is 5.75 Å². The second-order valence-electron chi connectivity index (χ2n) is 4.44. The number of anilines is 1. The molecule has 0 heterocycles. The van der Waals surface area contributed by atoms with Gasteiger partial charge in [0.1, 0.15) is 12.4 Å². The number of rotatable bonds is 7.